The van der Waals surface area contributed by atoms with Crippen LogP contribution < -0.4 is 20.1 Å². The maximum atomic E-state index is 12.2. The molecule has 13 heteroatoms. The van der Waals surface area contributed by atoms with Gasteiger partial charge >= 0.3 is 11.8 Å². The van der Waals surface area contributed by atoms with E-state index in [-0.39, 0.29) is 47.9 Å². The van der Waals surface area contributed by atoms with E-state index in [9.17, 15) is 19.7 Å². The predicted molar refractivity (Wildman–Crippen MR) is 109 cm³/mol. The number of fused-ring (bicyclic) bond motifs is 1. The molecule has 2 heterocycles. The summed E-state index contributed by atoms with van der Waals surface area (Å²) in [5, 5.41) is 19.7. The lowest BCUT2D eigenvalue weighted by molar-refractivity contribution is -0.384. The molecule has 164 valence electrons. The monoisotopic (exact) mass is 459 g/mol. The van der Waals surface area contributed by atoms with Crippen molar-refractivity contribution in [1.29, 1.82) is 0 Å². The fourth-order valence-corrected chi connectivity index (χ4v) is 3.00. The zero-order valence-electron chi connectivity index (χ0n) is 16.2. The summed E-state index contributed by atoms with van der Waals surface area (Å²) in [6.45, 7) is 0.203. The Labute approximate surface area is 184 Å². The van der Waals surface area contributed by atoms with Gasteiger partial charge in [0.25, 0.3) is 11.6 Å². The molecule has 0 atom stereocenters. The molecule has 4 rings (SSSR count). The molecule has 0 fully saturated rings. The highest BCUT2D eigenvalue weighted by Gasteiger charge is 2.20. The fourth-order valence-electron chi connectivity index (χ4n) is 2.79. The van der Waals surface area contributed by atoms with E-state index in [4.69, 9.17) is 25.6 Å². The van der Waals surface area contributed by atoms with E-state index in [2.05, 4.69) is 20.8 Å². The zero-order valence-corrected chi connectivity index (χ0v) is 16.9. The number of nitrogens with one attached hydrogen (secondary N) is 2. The first kappa shape index (κ1) is 21.1. The number of nitro groups is 1. The highest BCUT2D eigenvalue weighted by Crippen LogP contribution is 2.35. The quantitative estimate of drug-likeness (QED) is 0.306. The summed E-state index contributed by atoms with van der Waals surface area (Å²) in [6.07, 6.45) is 0. The fraction of sp³-hybridized carbons (Fsp3) is 0.158. The number of amides is 2. The molecule has 0 unspecified atom stereocenters. The molecular formula is C19H14ClN5O7. The van der Waals surface area contributed by atoms with Crippen molar-refractivity contribution in [3.8, 4) is 22.9 Å². The van der Waals surface area contributed by atoms with Crippen LogP contribution in [0.2, 0.25) is 5.02 Å². The summed E-state index contributed by atoms with van der Waals surface area (Å²) in [5.41, 5.74) is 0.276. The maximum absolute atomic E-state index is 12.2. The average molecular weight is 460 g/mol. The van der Waals surface area contributed by atoms with Gasteiger partial charge in [0.15, 0.2) is 11.5 Å². The van der Waals surface area contributed by atoms with E-state index in [1.807, 2.05) is 0 Å². The number of halogens is 1. The smallest absolute Gasteiger partial charge is 0.316 e. The Balaban J connectivity index is 1.30. The van der Waals surface area contributed by atoms with E-state index in [1.165, 1.54) is 12.1 Å². The minimum absolute atomic E-state index is 0.0345. The van der Waals surface area contributed by atoms with Crippen LogP contribution in [0.15, 0.2) is 40.9 Å². The number of nitrogens with zero attached hydrogens (tertiary/aromatic N) is 3. The number of hydrogen-bond acceptors (Lipinski definition) is 9. The molecule has 1 aliphatic rings. The molecule has 12 nitrogen and oxygen atoms in total. The average Bonchev–Trinajstić information content (AvgIpc) is 3.45. The number of hydrogen-bond donors (Lipinski definition) is 2. The molecule has 0 aliphatic carbocycles. The van der Waals surface area contributed by atoms with Gasteiger partial charge in [0.1, 0.15) is 0 Å². The molecule has 32 heavy (non-hydrogen) atoms. The van der Waals surface area contributed by atoms with Crippen LogP contribution in [0.3, 0.4) is 0 Å². The summed E-state index contributed by atoms with van der Waals surface area (Å²) in [5.74, 6) is -0.169. The molecule has 2 N–H and O–H groups in total. The summed E-state index contributed by atoms with van der Waals surface area (Å²) < 4.78 is 15.5. The number of carbonyl (C=O) groups excluding carboxylic acids is 2. The second kappa shape index (κ2) is 8.89. The van der Waals surface area contributed by atoms with Crippen LogP contribution in [0.4, 0.5) is 5.69 Å². The molecule has 0 bridgehead atoms. The number of nitro benzene ring substituents is 1. The Bertz CT molecular complexity index is 1210. The lowest BCUT2D eigenvalue weighted by atomic mass is 10.2. The van der Waals surface area contributed by atoms with Gasteiger partial charge in [-0.1, -0.05) is 16.8 Å². The first-order valence-corrected chi connectivity index (χ1v) is 9.54. The third-order valence-electron chi connectivity index (χ3n) is 4.35. The summed E-state index contributed by atoms with van der Waals surface area (Å²) in [6, 6.07) is 8.61. The highest BCUT2D eigenvalue weighted by atomic mass is 35.5. The van der Waals surface area contributed by atoms with Gasteiger partial charge in [-0.3, -0.25) is 19.7 Å². The lowest BCUT2D eigenvalue weighted by Gasteiger charge is -2.07. The predicted octanol–water partition coefficient (Wildman–Crippen LogP) is 2.19. The molecular weight excluding hydrogens is 446 g/mol. The first-order chi connectivity index (χ1) is 15.4. The minimum atomic E-state index is -0.632. The largest absolute Gasteiger partial charge is 0.454 e. The molecule has 0 spiro atoms. The van der Waals surface area contributed by atoms with Crippen molar-refractivity contribution < 1.29 is 28.5 Å². The summed E-state index contributed by atoms with van der Waals surface area (Å²) >= 11 is 5.93. The number of carbonyl (C=O) groups is 2. The Kier molecular flexibility index (Phi) is 5.85. The molecule has 0 radical (unpaired) electrons. The van der Waals surface area contributed by atoms with E-state index in [1.54, 1.807) is 18.2 Å². The van der Waals surface area contributed by atoms with E-state index >= 15 is 0 Å². The highest BCUT2D eigenvalue weighted by molar-refractivity contribution is 6.33. The van der Waals surface area contributed by atoms with Crippen LogP contribution in [0.25, 0.3) is 11.4 Å². The van der Waals surface area contributed by atoms with Crippen molar-refractivity contribution in [3.63, 3.8) is 0 Å². The van der Waals surface area contributed by atoms with Crippen LogP contribution in [0, 0.1) is 10.1 Å². The third kappa shape index (κ3) is 4.44. The molecule has 3 aromatic rings. The number of rotatable bonds is 7. The first-order valence-electron chi connectivity index (χ1n) is 9.16. The standard InChI is InChI=1S/C19H14ClN5O7/c20-13-3-2-11(25(28)29)8-12(13)17(26)21-5-6-22-18(27)19-23-16(24-32-19)10-1-4-14-15(7-10)31-9-30-14/h1-4,7-8H,5-6,9H2,(H,21,26)(H,22,27). The van der Waals surface area contributed by atoms with Gasteiger partial charge in [0.2, 0.25) is 12.6 Å². The number of benzene rings is 2. The number of ether oxygens (including phenoxy) is 2. The Hall–Kier alpha value is -4.19. The minimum Gasteiger partial charge on any atom is -0.454 e. The van der Waals surface area contributed by atoms with Crippen molar-refractivity contribution >= 4 is 29.1 Å². The van der Waals surface area contributed by atoms with Crippen LogP contribution >= 0.6 is 11.6 Å². The van der Waals surface area contributed by atoms with Crippen molar-refractivity contribution in [2.45, 2.75) is 0 Å². The lowest BCUT2D eigenvalue weighted by Crippen LogP contribution is -2.35. The van der Waals surface area contributed by atoms with Gasteiger partial charge in [-0.25, -0.2) is 0 Å². The van der Waals surface area contributed by atoms with Crippen molar-refractivity contribution in [3.05, 3.63) is 63.0 Å². The van der Waals surface area contributed by atoms with Gasteiger partial charge in [0, 0.05) is 30.8 Å². The normalized spacial score (nSPS) is 11.8. The van der Waals surface area contributed by atoms with Crippen LogP contribution in [0.5, 0.6) is 11.5 Å². The van der Waals surface area contributed by atoms with Gasteiger partial charge in [-0.15, -0.1) is 0 Å². The molecule has 2 aromatic carbocycles. The molecule has 0 saturated carbocycles. The number of aromatic nitrogens is 2. The topological polar surface area (TPSA) is 159 Å². The van der Waals surface area contributed by atoms with Gasteiger partial charge in [-0.05, 0) is 24.3 Å². The van der Waals surface area contributed by atoms with Crippen LogP contribution in [-0.2, 0) is 0 Å². The van der Waals surface area contributed by atoms with Crippen molar-refractivity contribution in [1.82, 2.24) is 20.8 Å². The van der Waals surface area contributed by atoms with E-state index < -0.39 is 16.7 Å². The zero-order chi connectivity index (χ0) is 22.7. The van der Waals surface area contributed by atoms with Crippen LogP contribution in [0.1, 0.15) is 21.0 Å². The Morgan fingerprint density at radius 3 is 2.59 bits per heavy atom. The molecule has 2 amide bonds. The summed E-state index contributed by atoms with van der Waals surface area (Å²) in [4.78, 5) is 38.7. The molecule has 0 saturated heterocycles. The summed E-state index contributed by atoms with van der Waals surface area (Å²) in [7, 11) is 0. The molecule has 1 aliphatic heterocycles. The second-order valence-corrected chi connectivity index (χ2v) is 6.83. The van der Waals surface area contributed by atoms with Gasteiger partial charge < -0.3 is 24.6 Å². The number of non-ortho nitro benzene ring substituents is 1. The Morgan fingerprint density at radius 1 is 1.06 bits per heavy atom. The SMILES string of the molecule is O=C(NCCNC(=O)c1cc([N+](=O)[O-])ccc1Cl)c1nc(-c2ccc3c(c2)OCO3)no1. The van der Waals surface area contributed by atoms with E-state index in [0.29, 0.717) is 17.1 Å². The second-order valence-electron chi connectivity index (χ2n) is 6.42. The van der Waals surface area contributed by atoms with E-state index in [0.717, 1.165) is 6.07 Å². The third-order valence-corrected chi connectivity index (χ3v) is 4.68. The van der Waals surface area contributed by atoms with Crippen molar-refractivity contribution in [2.24, 2.45) is 0 Å². The molecule has 1 aromatic heterocycles. The maximum Gasteiger partial charge on any atom is 0.316 e. The Morgan fingerprint density at radius 2 is 1.81 bits per heavy atom. The van der Waals surface area contributed by atoms with Crippen molar-refractivity contribution in [2.75, 3.05) is 19.9 Å². The van der Waals surface area contributed by atoms with Gasteiger partial charge in [0.05, 0.1) is 15.5 Å². The van der Waals surface area contributed by atoms with Gasteiger partial charge in [-0.2, -0.15) is 4.98 Å². The van der Waals surface area contributed by atoms with Crippen LogP contribution in [-0.4, -0.2) is 46.8 Å².